The maximum Gasteiger partial charge on any atom is 0.114 e. The van der Waals surface area contributed by atoms with Crippen molar-refractivity contribution in [1.82, 2.24) is 0 Å². The summed E-state index contributed by atoms with van der Waals surface area (Å²) in [6.45, 7) is 4.37. The van der Waals surface area contributed by atoms with Gasteiger partial charge < -0.3 is 4.74 Å². The first-order valence-electron chi connectivity index (χ1n) is 5.71. The van der Waals surface area contributed by atoms with Gasteiger partial charge in [-0.05, 0) is 49.1 Å². The third-order valence-electron chi connectivity index (χ3n) is 3.35. The van der Waals surface area contributed by atoms with Gasteiger partial charge in [0.15, 0.2) is 0 Å². The molecule has 0 amide bonds. The molecule has 0 heterocycles. The first-order valence-corrected chi connectivity index (χ1v) is 5.71. The lowest BCUT2D eigenvalue weighted by atomic mass is 9.87. The molecule has 0 saturated carbocycles. The molecular weight excluding hydrogens is 196 g/mol. The lowest BCUT2D eigenvalue weighted by molar-refractivity contribution is 0.303. The van der Waals surface area contributed by atoms with E-state index in [1.807, 2.05) is 0 Å². The van der Waals surface area contributed by atoms with Crippen LogP contribution in [-0.4, -0.2) is 7.11 Å². The van der Waals surface area contributed by atoms with Gasteiger partial charge in [-0.2, -0.15) is 0 Å². The Morgan fingerprint density at radius 3 is 2.69 bits per heavy atom. The van der Waals surface area contributed by atoms with E-state index in [9.17, 15) is 0 Å². The molecular formula is C15H18O. The fourth-order valence-electron chi connectivity index (χ4n) is 2.16. The summed E-state index contributed by atoms with van der Waals surface area (Å²) in [5, 5.41) is 0. The minimum absolute atomic E-state index is 0.499. The zero-order valence-corrected chi connectivity index (χ0v) is 10.2. The van der Waals surface area contributed by atoms with Crippen molar-refractivity contribution in [3.63, 3.8) is 0 Å². The molecule has 1 aromatic carbocycles. The highest BCUT2D eigenvalue weighted by atomic mass is 16.5. The second-order valence-electron chi connectivity index (χ2n) is 4.30. The second kappa shape index (κ2) is 4.56. The summed E-state index contributed by atoms with van der Waals surface area (Å²) in [6, 6.07) is 6.53. The van der Waals surface area contributed by atoms with Crippen LogP contribution >= 0.6 is 0 Å². The van der Waals surface area contributed by atoms with E-state index in [1.165, 1.54) is 16.7 Å². The molecule has 2 rings (SSSR count). The zero-order chi connectivity index (χ0) is 11.5. The minimum atomic E-state index is 0.499. The molecule has 16 heavy (non-hydrogen) atoms. The highest BCUT2D eigenvalue weighted by Gasteiger charge is 2.13. The van der Waals surface area contributed by atoms with Crippen molar-refractivity contribution in [1.29, 1.82) is 0 Å². The molecule has 0 spiro atoms. The number of hydrogen-bond donors (Lipinski definition) is 0. The van der Waals surface area contributed by atoms with Crippen LogP contribution in [0.25, 0.3) is 0 Å². The molecule has 1 aliphatic carbocycles. The summed E-state index contributed by atoms with van der Waals surface area (Å²) in [5.74, 6) is 1.47. The average molecular weight is 214 g/mol. The van der Waals surface area contributed by atoms with Crippen LogP contribution in [0, 0.1) is 13.8 Å². The van der Waals surface area contributed by atoms with Crippen molar-refractivity contribution in [3.05, 3.63) is 58.9 Å². The van der Waals surface area contributed by atoms with E-state index in [2.05, 4.69) is 50.3 Å². The van der Waals surface area contributed by atoms with E-state index in [0.717, 1.165) is 12.2 Å². The third-order valence-corrected chi connectivity index (χ3v) is 3.35. The second-order valence-corrected chi connectivity index (χ2v) is 4.30. The van der Waals surface area contributed by atoms with Gasteiger partial charge in [-0.25, -0.2) is 0 Å². The number of ether oxygens (including phenoxy) is 1. The number of aryl methyl sites for hydroxylation is 1. The van der Waals surface area contributed by atoms with E-state index in [1.54, 1.807) is 7.11 Å². The van der Waals surface area contributed by atoms with Crippen LogP contribution < -0.4 is 0 Å². The van der Waals surface area contributed by atoms with Crippen LogP contribution in [0.4, 0.5) is 0 Å². The van der Waals surface area contributed by atoms with Gasteiger partial charge >= 0.3 is 0 Å². The van der Waals surface area contributed by atoms with Gasteiger partial charge in [0.05, 0.1) is 7.11 Å². The Labute approximate surface area is 97.4 Å². The van der Waals surface area contributed by atoms with E-state index in [0.29, 0.717) is 5.92 Å². The Bertz CT molecular complexity index is 441. The van der Waals surface area contributed by atoms with Crippen LogP contribution in [-0.2, 0) is 4.74 Å². The average Bonchev–Trinajstić information content (AvgIpc) is 2.33. The number of rotatable bonds is 2. The van der Waals surface area contributed by atoms with Gasteiger partial charge in [-0.15, -0.1) is 0 Å². The van der Waals surface area contributed by atoms with Gasteiger partial charge in [0.25, 0.3) is 0 Å². The van der Waals surface area contributed by atoms with E-state index < -0.39 is 0 Å². The number of allylic oxidation sites excluding steroid dienone is 3. The Kier molecular flexibility index (Phi) is 3.14. The van der Waals surface area contributed by atoms with Crippen molar-refractivity contribution in [2.24, 2.45) is 0 Å². The Balaban J connectivity index is 2.25. The zero-order valence-electron chi connectivity index (χ0n) is 10.2. The highest BCUT2D eigenvalue weighted by molar-refractivity contribution is 5.39. The lowest BCUT2D eigenvalue weighted by Gasteiger charge is -2.19. The maximum atomic E-state index is 5.20. The van der Waals surface area contributed by atoms with E-state index >= 15 is 0 Å². The van der Waals surface area contributed by atoms with Crippen LogP contribution in [0.3, 0.4) is 0 Å². The van der Waals surface area contributed by atoms with Gasteiger partial charge in [0.2, 0.25) is 0 Å². The maximum absolute atomic E-state index is 5.20. The predicted molar refractivity (Wildman–Crippen MR) is 67.5 cm³/mol. The molecule has 1 atom stereocenters. The lowest BCUT2D eigenvalue weighted by Crippen LogP contribution is -2.02. The van der Waals surface area contributed by atoms with Crippen molar-refractivity contribution >= 4 is 0 Å². The van der Waals surface area contributed by atoms with Crippen LogP contribution in [0.5, 0.6) is 0 Å². The first-order chi connectivity index (χ1) is 7.72. The van der Waals surface area contributed by atoms with E-state index in [4.69, 9.17) is 4.74 Å². The summed E-state index contributed by atoms with van der Waals surface area (Å²) >= 11 is 0. The molecule has 0 fully saturated rings. The largest absolute Gasteiger partial charge is 0.497 e. The van der Waals surface area contributed by atoms with Crippen molar-refractivity contribution in [3.8, 4) is 0 Å². The summed E-state index contributed by atoms with van der Waals surface area (Å²) in [5.41, 5.74) is 4.21. The standard InChI is InChI=1S/C15H18O/c1-11-5-4-6-15(12(11)2)13-7-9-14(16-3)10-8-13/h4-7,9-10,13H,8H2,1-3H3. The van der Waals surface area contributed by atoms with Gasteiger partial charge in [-0.3, -0.25) is 0 Å². The van der Waals surface area contributed by atoms with Crippen molar-refractivity contribution in [2.45, 2.75) is 26.2 Å². The Morgan fingerprint density at radius 1 is 1.25 bits per heavy atom. The molecule has 84 valence electrons. The highest BCUT2D eigenvalue weighted by Crippen LogP contribution is 2.30. The number of methoxy groups -OCH3 is 1. The van der Waals surface area contributed by atoms with Crippen molar-refractivity contribution < 1.29 is 4.74 Å². The Morgan fingerprint density at radius 2 is 2.06 bits per heavy atom. The minimum Gasteiger partial charge on any atom is -0.497 e. The molecule has 1 heteroatoms. The summed E-state index contributed by atoms with van der Waals surface area (Å²) in [6.07, 6.45) is 7.49. The van der Waals surface area contributed by atoms with Crippen LogP contribution in [0.2, 0.25) is 0 Å². The van der Waals surface area contributed by atoms with Crippen LogP contribution in [0.15, 0.2) is 42.2 Å². The van der Waals surface area contributed by atoms with Gasteiger partial charge in [0.1, 0.15) is 5.76 Å². The molecule has 0 bridgehead atoms. The molecule has 1 aliphatic rings. The summed E-state index contributed by atoms with van der Waals surface area (Å²) < 4.78 is 5.20. The van der Waals surface area contributed by atoms with Crippen LogP contribution in [0.1, 0.15) is 29.0 Å². The molecule has 1 aromatic rings. The molecule has 0 aliphatic heterocycles. The summed E-state index contributed by atoms with van der Waals surface area (Å²) in [4.78, 5) is 0. The monoisotopic (exact) mass is 214 g/mol. The third kappa shape index (κ3) is 2.04. The number of hydrogen-bond acceptors (Lipinski definition) is 1. The first kappa shape index (κ1) is 11.0. The molecule has 1 unspecified atom stereocenters. The SMILES string of the molecule is COC1=CCC(c2cccc(C)c2C)C=C1. The summed E-state index contributed by atoms with van der Waals surface area (Å²) in [7, 11) is 1.72. The molecule has 0 N–H and O–H groups in total. The quantitative estimate of drug-likeness (QED) is 0.726. The fraction of sp³-hybridized carbons (Fsp3) is 0.333. The topological polar surface area (TPSA) is 9.23 Å². The normalized spacial score (nSPS) is 19.4. The van der Waals surface area contributed by atoms with Crippen molar-refractivity contribution in [2.75, 3.05) is 7.11 Å². The smallest absolute Gasteiger partial charge is 0.114 e. The molecule has 0 radical (unpaired) electrons. The molecule has 1 nitrogen and oxygen atoms in total. The Hall–Kier alpha value is -1.50. The fourth-order valence-corrected chi connectivity index (χ4v) is 2.16. The number of benzene rings is 1. The predicted octanol–water partition coefficient (Wildman–Crippen LogP) is 3.88. The molecule has 0 aromatic heterocycles. The van der Waals surface area contributed by atoms with Gasteiger partial charge in [0, 0.05) is 5.92 Å². The molecule has 0 saturated heterocycles. The van der Waals surface area contributed by atoms with E-state index in [-0.39, 0.29) is 0 Å². The van der Waals surface area contributed by atoms with Gasteiger partial charge in [-0.1, -0.05) is 24.3 Å².